The largest absolute Gasteiger partial charge is 0.395 e. The van der Waals surface area contributed by atoms with E-state index in [4.69, 9.17) is 5.11 Å². The Morgan fingerprint density at radius 2 is 2.07 bits per heavy atom. The minimum atomic E-state index is 0.251. The van der Waals surface area contributed by atoms with Crippen molar-refractivity contribution in [3.05, 3.63) is 0 Å². The summed E-state index contributed by atoms with van der Waals surface area (Å²) in [5.74, 6) is 0.907. The van der Waals surface area contributed by atoms with Crippen molar-refractivity contribution in [2.24, 2.45) is 5.92 Å². The summed E-state index contributed by atoms with van der Waals surface area (Å²) in [6, 6.07) is 0.273. The summed E-state index contributed by atoms with van der Waals surface area (Å²) >= 11 is 0. The highest BCUT2D eigenvalue weighted by Crippen LogP contribution is 2.16. The van der Waals surface area contributed by atoms with Crippen molar-refractivity contribution in [3.63, 3.8) is 0 Å². The molecular weight excluding hydrogens is 176 g/mol. The van der Waals surface area contributed by atoms with E-state index in [-0.39, 0.29) is 12.6 Å². The Morgan fingerprint density at radius 3 is 2.57 bits per heavy atom. The molecule has 0 bridgehead atoms. The topological polar surface area (TPSA) is 35.5 Å². The van der Waals surface area contributed by atoms with Gasteiger partial charge >= 0.3 is 0 Å². The number of nitrogens with one attached hydrogen (secondary N) is 1. The second-order valence-electron chi connectivity index (χ2n) is 4.48. The van der Waals surface area contributed by atoms with Crippen LogP contribution in [-0.4, -0.2) is 49.3 Å². The van der Waals surface area contributed by atoms with E-state index >= 15 is 0 Å². The number of aliphatic hydroxyl groups is 1. The van der Waals surface area contributed by atoms with Crippen molar-refractivity contribution in [1.29, 1.82) is 0 Å². The Balaban J connectivity index is 2.12. The predicted octanol–water partition coefficient (Wildman–Crippen LogP) is 0.689. The predicted molar refractivity (Wildman–Crippen MR) is 59.4 cm³/mol. The van der Waals surface area contributed by atoms with Gasteiger partial charge < -0.3 is 15.3 Å². The molecule has 0 saturated carbocycles. The van der Waals surface area contributed by atoms with Gasteiger partial charge in [-0.3, -0.25) is 0 Å². The molecule has 3 heteroatoms. The van der Waals surface area contributed by atoms with Gasteiger partial charge in [-0.15, -0.1) is 0 Å². The van der Waals surface area contributed by atoms with Crippen LogP contribution in [0.25, 0.3) is 0 Å². The Bertz CT molecular complexity index is 140. The molecule has 0 aromatic rings. The van der Waals surface area contributed by atoms with Crippen LogP contribution in [0.5, 0.6) is 0 Å². The van der Waals surface area contributed by atoms with E-state index < -0.39 is 0 Å². The van der Waals surface area contributed by atoms with Gasteiger partial charge in [-0.05, 0) is 51.9 Å². The number of piperidine rings is 1. The fraction of sp³-hybridized carbons (Fsp3) is 1.00. The second-order valence-corrected chi connectivity index (χ2v) is 4.48. The molecule has 1 unspecified atom stereocenters. The zero-order chi connectivity index (χ0) is 10.4. The lowest BCUT2D eigenvalue weighted by molar-refractivity contribution is 0.170. The van der Waals surface area contributed by atoms with Crippen molar-refractivity contribution < 1.29 is 5.11 Å². The van der Waals surface area contributed by atoms with Gasteiger partial charge in [0.25, 0.3) is 0 Å². The first kappa shape index (κ1) is 12.0. The molecular formula is C11H24N2O. The average molecular weight is 200 g/mol. The quantitative estimate of drug-likeness (QED) is 0.685. The lowest BCUT2D eigenvalue weighted by Crippen LogP contribution is -2.38. The Labute approximate surface area is 87.5 Å². The third-order valence-corrected chi connectivity index (χ3v) is 3.30. The first-order valence-corrected chi connectivity index (χ1v) is 5.76. The van der Waals surface area contributed by atoms with E-state index in [1.807, 2.05) is 7.05 Å². The first-order chi connectivity index (χ1) is 6.76. The molecule has 1 saturated heterocycles. The molecule has 0 aromatic heterocycles. The molecule has 3 nitrogen and oxygen atoms in total. The Hall–Kier alpha value is -0.120. The maximum atomic E-state index is 9.02. The van der Waals surface area contributed by atoms with Gasteiger partial charge in [-0.1, -0.05) is 6.92 Å². The van der Waals surface area contributed by atoms with Gasteiger partial charge in [0, 0.05) is 6.04 Å². The third kappa shape index (κ3) is 3.95. The summed E-state index contributed by atoms with van der Waals surface area (Å²) in [7, 11) is 1.92. The van der Waals surface area contributed by atoms with Crippen molar-refractivity contribution >= 4 is 0 Å². The van der Waals surface area contributed by atoms with Crippen LogP contribution >= 0.6 is 0 Å². The van der Waals surface area contributed by atoms with Crippen molar-refractivity contribution in [2.75, 3.05) is 33.3 Å². The van der Waals surface area contributed by atoms with E-state index in [0.29, 0.717) is 0 Å². The Morgan fingerprint density at radius 1 is 1.43 bits per heavy atom. The molecule has 14 heavy (non-hydrogen) atoms. The molecule has 0 spiro atoms. The van der Waals surface area contributed by atoms with Gasteiger partial charge in [0.05, 0.1) is 6.61 Å². The normalized spacial score (nSPS) is 22.5. The first-order valence-electron chi connectivity index (χ1n) is 5.76. The fourth-order valence-electron chi connectivity index (χ4n) is 1.95. The SMILES string of the molecule is CNC(CO)CCN1CCC(C)CC1. The monoisotopic (exact) mass is 200 g/mol. The minimum Gasteiger partial charge on any atom is -0.395 e. The van der Waals surface area contributed by atoms with Gasteiger partial charge in [-0.25, -0.2) is 0 Å². The van der Waals surface area contributed by atoms with Crippen LogP contribution in [0.15, 0.2) is 0 Å². The average Bonchev–Trinajstić information content (AvgIpc) is 2.22. The smallest absolute Gasteiger partial charge is 0.0585 e. The van der Waals surface area contributed by atoms with Crippen LogP contribution in [0.4, 0.5) is 0 Å². The van der Waals surface area contributed by atoms with Crippen molar-refractivity contribution in [3.8, 4) is 0 Å². The maximum absolute atomic E-state index is 9.02. The molecule has 84 valence electrons. The highest BCUT2D eigenvalue weighted by molar-refractivity contribution is 4.72. The molecule has 1 aliphatic heterocycles. The summed E-state index contributed by atoms with van der Waals surface area (Å²) in [6.07, 6.45) is 3.73. The molecule has 1 aliphatic rings. The third-order valence-electron chi connectivity index (χ3n) is 3.30. The van der Waals surface area contributed by atoms with Crippen LogP contribution in [-0.2, 0) is 0 Å². The highest BCUT2D eigenvalue weighted by atomic mass is 16.3. The molecule has 1 heterocycles. The van der Waals surface area contributed by atoms with Gasteiger partial charge in [0.1, 0.15) is 0 Å². The van der Waals surface area contributed by atoms with Gasteiger partial charge in [0.2, 0.25) is 0 Å². The fourth-order valence-corrected chi connectivity index (χ4v) is 1.95. The standard InChI is InChI=1S/C11H24N2O/c1-10-3-6-13(7-4-10)8-5-11(9-14)12-2/h10-12,14H,3-9H2,1-2H3. The van der Waals surface area contributed by atoms with Gasteiger partial charge in [0.15, 0.2) is 0 Å². The van der Waals surface area contributed by atoms with Crippen LogP contribution in [0.3, 0.4) is 0 Å². The molecule has 1 fully saturated rings. The van der Waals surface area contributed by atoms with Gasteiger partial charge in [-0.2, -0.15) is 0 Å². The Kier molecular flexibility index (Phi) is 5.45. The van der Waals surface area contributed by atoms with Crippen molar-refractivity contribution in [2.45, 2.75) is 32.2 Å². The minimum absolute atomic E-state index is 0.251. The van der Waals surface area contributed by atoms with Crippen molar-refractivity contribution in [1.82, 2.24) is 10.2 Å². The lowest BCUT2D eigenvalue weighted by Gasteiger charge is -2.31. The number of nitrogens with zero attached hydrogens (tertiary/aromatic N) is 1. The summed E-state index contributed by atoms with van der Waals surface area (Å²) in [5.41, 5.74) is 0. The summed E-state index contributed by atoms with van der Waals surface area (Å²) in [4.78, 5) is 2.51. The number of hydrogen-bond acceptors (Lipinski definition) is 3. The summed E-state index contributed by atoms with van der Waals surface area (Å²) in [6.45, 7) is 6.19. The number of rotatable bonds is 5. The highest BCUT2D eigenvalue weighted by Gasteiger charge is 2.16. The molecule has 0 radical (unpaired) electrons. The number of likely N-dealkylation sites (N-methyl/N-ethyl adjacent to an activating group) is 1. The molecule has 0 aliphatic carbocycles. The molecule has 0 amide bonds. The van der Waals surface area contributed by atoms with Crippen LogP contribution in [0.1, 0.15) is 26.2 Å². The van der Waals surface area contributed by atoms with E-state index in [2.05, 4.69) is 17.1 Å². The van der Waals surface area contributed by atoms with E-state index in [1.165, 1.54) is 25.9 Å². The lowest BCUT2D eigenvalue weighted by atomic mass is 9.99. The second kappa shape index (κ2) is 6.38. The molecule has 1 atom stereocenters. The van der Waals surface area contributed by atoms with Crippen LogP contribution in [0, 0.1) is 5.92 Å². The van der Waals surface area contributed by atoms with Crippen LogP contribution < -0.4 is 5.32 Å². The summed E-state index contributed by atoms with van der Waals surface area (Å²) in [5, 5.41) is 12.1. The zero-order valence-corrected chi connectivity index (χ0v) is 9.50. The van der Waals surface area contributed by atoms with E-state index in [1.54, 1.807) is 0 Å². The maximum Gasteiger partial charge on any atom is 0.0585 e. The number of aliphatic hydroxyl groups excluding tert-OH is 1. The molecule has 1 rings (SSSR count). The van der Waals surface area contributed by atoms with E-state index in [9.17, 15) is 0 Å². The van der Waals surface area contributed by atoms with Crippen LogP contribution in [0.2, 0.25) is 0 Å². The summed E-state index contributed by atoms with van der Waals surface area (Å²) < 4.78 is 0. The van der Waals surface area contributed by atoms with E-state index in [0.717, 1.165) is 18.9 Å². The molecule has 2 N–H and O–H groups in total. The molecule has 0 aromatic carbocycles. The zero-order valence-electron chi connectivity index (χ0n) is 9.50. The number of hydrogen-bond donors (Lipinski definition) is 2. The number of likely N-dealkylation sites (tertiary alicyclic amines) is 1.